The number of hydrogen-bond acceptors (Lipinski definition) is 3. The van der Waals surface area contributed by atoms with E-state index >= 15 is 0 Å². The molecular formula is C18H15F4N5O. The molecule has 6 nitrogen and oxygen atoms in total. The SMILES string of the molecule is O=C(Cn1cc(C(F)(F)F)cn1)N1CCCc2c1cnn2-c1ccc(F)cc1. The molecule has 1 amide bonds. The van der Waals surface area contributed by atoms with E-state index in [1.807, 2.05) is 0 Å². The zero-order valence-corrected chi connectivity index (χ0v) is 14.5. The Morgan fingerprint density at radius 2 is 1.86 bits per heavy atom. The molecule has 0 radical (unpaired) electrons. The van der Waals surface area contributed by atoms with Crippen molar-refractivity contribution in [3.05, 3.63) is 59.9 Å². The standard InChI is InChI=1S/C18H15F4N5O/c19-13-3-5-14(6-4-13)27-15-2-1-7-26(16(15)9-24-27)17(28)11-25-10-12(8-23-25)18(20,21)22/h3-6,8-10H,1-2,7,11H2. The van der Waals surface area contributed by atoms with Crippen molar-refractivity contribution in [2.24, 2.45) is 0 Å². The number of nitrogens with zero attached hydrogens (tertiary/aromatic N) is 5. The van der Waals surface area contributed by atoms with E-state index in [2.05, 4.69) is 10.2 Å². The lowest BCUT2D eigenvalue weighted by atomic mass is 10.1. The monoisotopic (exact) mass is 393 g/mol. The molecule has 28 heavy (non-hydrogen) atoms. The van der Waals surface area contributed by atoms with E-state index in [-0.39, 0.29) is 18.3 Å². The van der Waals surface area contributed by atoms with Gasteiger partial charge in [0.1, 0.15) is 12.4 Å². The Bertz CT molecular complexity index is 1010. The number of hydrogen-bond donors (Lipinski definition) is 0. The molecule has 0 bridgehead atoms. The quantitative estimate of drug-likeness (QED) is 0.642. The normalized spacial score (nSPS) is 14.2. The number of alkyl halides is 3. The molecule has 1 aliphatic heterocycles. The van der Waals surface area contributed by atoms with E-state index in [9.17, 15) is 22.4 Å². The Balaban J connectivity index is 1.57. The van der Waals surface area contributed by atoms with Gasteiger partial charge in [-0.15, -0.1) is 0 Å². The van der Waals surface area contributed by atoms with Gasteiger partial charge in [0, 0.05) is 12.7 Å². The van der Waals surface area contributed by atoms with Crippen LogP contribution in [-0.2, 0) is 23.9 Å². The maximum atomic E-state index is 13.2. The van der Waals surface area contributed by atoms with Crippen LogP contribution >= 0.6 is 0 Å². The molecule has 0 unspecified atom stereocenters. The minimum atomic E-state index is -4.50. The predicted molar refractivity (Wildman–Crippen MR) is 91.4 cm³/mol. The van der Waals surface area contributed by atoms with E-state index in [0.29, 0.717) is 37.0 Å². The molecule has 0 N–H and O–H groups in total. The smallest absolute Gasteiger partial charge is 0.308 e. The summed E-state index contributed by atoms with van der Waals surface area (Å²) in [6.45, 7) is 0.131. The maximum Gasteiger partial charge on any atom is 0.419 e. The molecule has 0 aliphatic carbocycles. The first-order chi connectivity index (χ1) is 13.3. The topological polar surface area (TPSA) is 56.0 Å². The summed E-state index contributed by atoms with van der Waals surface area (Å²) in [7, 11) is 0. The first kappa shape index (κ1) is 18.2. The summed E-state index contributed by atoms with van der Waals surface area (Å²) < 4.78 is 53.9. The number of anilines is 1. The second kappa shape index (κ2) is 6.77. The van der Waals surface area contributed by atoms with Gasteiger partial charge in [-0.2, -0.15) is 23.4 Å². The maximum absolute atomic E-state index is 13.2. The number of aromatic nitrogens is 4. The molecule has 0 atom stereocenters. The zero-order chi connectivity index (χ0) is 19.9. The Hall–Kier alpha value is -3.17. The molecule has 0 saturated carbocycles. The van der Waals surface area contributed by atoms with Crippen molar-refractivity contribution >= 4 is 11.6 Å². The van der Waals surface area contributed by atoms with Crippen molar-refractivity contribution in [1.82, 2.24) is 19.6 Å². The Labute approximate surface area is 157 Å². The van der Waals surface area contributed by atoms with Crippen LogP contribution in [0.2, 0.25) is 0 Å². The van der Waals surface area contributed by atoms with Crippen LogP contribution in [0.25, 0.3) is 5.69 Å². The van der Waals surface area contributed by atoms with Gasteiger partial charge < -0.3 is 4.90 Å². The van der Waals surface area contributed by atoms with Gasteiger partial charge in [-0.1, -0.05) is 0 Å². The molecule has 2 aromatic heterocycles. The number of carbonyl (C=O) groups is 1. The van der Waals surface area contributed by atoms with Crippen LogP contribution in [0.5, 0.6) is 0 Å². The number of benzene rings is 1. The molecule has 1 aliphatic rings. The summed E-state index contributed by atoms with van der Waals surface area (Å²) in [5, 5.41) is 7.93. The molecule has 4 rings (SSSR count). The summed E-state index contributed by atoms with van der Waals surface area (Å²) >= 11 is 0. The summed E-state index contributed by atoms with van der Waals surface area (Å²) in [6.07, 6.45) is -0.100. The van der Waals surface area contributed by atoms with Crippen LogP contribution in [0.4, 0.5) is 23.2 Å². The molecule has 0 fully saturated rings. The van der Waals surface area contributed by atoms with Crippen molar-refractivity contribution in [3.63, 3.8) is 0 Å². The van der Waals surface area contributed by atoms with Crippen LogP contribution < -0.4 is 4.90 Å². The van der Waals surface area contributed by atoms with Gasteiger partial charge in [-0.05, 0) is 37.1 Å². The first-order valence-electron chi connectivity index (χ1n) is 8.56. The van der Waals surface area contributed by atoms with Crippen molar-refractivity contribution in [2.75, 3.05) is 11.4 Å². The van der Waals surface area contributed by atoms with Crippen molar-refractivity contribution < 1.29 is 22.4 Å². The summed E-state index contributed by atoms with van der Waals surface area (Å²) in [4.78, 5) is 14.2. The summed E-state index contributed by atoms with van der Waals surface area (Å²) in [5.74, 6) is -0.740. The number of rotatable bonds is 3. The highest BCUT2D eigenvalue weighted by Gasteiger charge is 2.33. The van der Waals surface area contributed by atoms with E-state index < -0.39 is 11.7 Å². The third kappa shape index (κ3) is 3.37. The van der Waals surface area contributed by atoms with Gasteiger partial charge in [0.2, 0.25) is 5.91 Å². The van der Waals surface area contributed by atoms with Crippen molar-refractivity contribution in [3.8, 4) is 5.69 Å². The average molecular weight is 393 g/mol. The molecule has 0 saturated heterocycles. The number of amides is 1. The van der Waals surface area contributed by atoms with E-state index in [0.717, 1.165) is 16.6 Å². The minimum Gasteiger partial charge on any atom is -0.308 e. The Morgan fingerprint density at radius 3 is 2.54 bits per heavy atom. The highest BCUT2D eigenvalue weighted by molar-refractivity contribution is 5.94. The molecule has 10 heteroatoms. The number of halogens is 4. The molecule has 1 aromatic carbocycles. The van der Waals surface area contributed by atoms with Crippen molar-refractivity contribution in [2.45, 2.75) is 25.6 Å². The van der Waals surface area contributed by atoms with Gasteiger partial charge in [0.05, 0.1) is 35.0 Å². The fraction of sp³-hybridized carbons (Fsp3) is 0.278. The number of carbonyl (C=O) groups excluding carboxylic acids is 1. The molecule has 0 spiro atoms. The largest absolute Gasteiger partial charge is 0.419 e. The predicted octanol–water partition coefficient (Wildman–Crippen LogP) is 3.21. The van der Waals surface area contributed by atoms with Crippen LogP contribution in [0.1, 0.15) is 17.7 Å². The van der Waals surface area contributed by atoms with Gasteiger partial charge in [-0.3, -0.25) is 9.48 Å². The van der Waals surface area contributed by atoms with Gasteiger partial charge in [0.25, 0.3) is 0 Å². The number of fused-ring (bicyclic) bond motifs is 1. The molecule has 3 heterocycles. The third-order valence-corrected chi connectivity index (χ3v) is 4.56. The van der Waals surface area contributed by atoms with Crippen LogP contribution in [0.3, 0.4) is 0 Å². The molecule has 146 valence electrons. The second-order valence-electron chi connectivity index (χ2n) is 6.44. The fourth-order valence-electron chi connectivity index (χ4n) is 3.23. The van der Waals surface area contributed by atoms with Crippen LogP contribution in [0.15, 0.2) is 42.9 Å². The van der Waals surface area contributed by atoms with Gasteiger partial charge >= 0.3 is 6.18 Å². The minimum absolute atomic E-state index is 0.308. The Morgan fingerprint density at radius 1 is 1.11 bits per heavy atom. The van der Waals surface area contributed by atoms with E-state index in [1.165, 1.54) is 17.0 Å². The lowest BCUT2D eigenvalue weighted by Gasteiger charge is -2.27. The van der Waals surface area contributed by atoms with Crippen LogP contribution in [-0.4, -0.2) is 32.0 Å². The second-order valence-corrected chi connectivity index (χ2v) is 6.44. The highest BCUT2D eigenvalue weighted by Crippen LogP contribution is 2.30. The molecular weight excluding hydrogens is 378 g/mol. The molecule has 3 aromatic rings. The fourth-order valence-corrected chi connectivity index (χ4v) is 3.23. The zero-order valence-electron chi connectivity index (χ0n) is 14.5. The van der Waals surface area contributed by atoms with Crippen LogP contribution in [0, 0.1) is 5.82 Å². The summed E-state index contributed by atoms with van der Waals surface area (Å²) in [5.41, 5.74) is 1.16. The van der Waals surface area contributed by atoms with E-state index in [1.54, 1.807) is 23.0 Å². The third-order valence-electron chi connectivity index (χ3n) is 4.56. The lowest BCUT2D eigenvalue weighted by Crippen LogP contribution is -2.37. The Kier molecular flexibility index (Phi) is 4.40. The summed E-state index contributed by atoms with van der Waals surface area (Å²) in [6, 6.07) is 5.83. The highest BCUT2D eigenvalue weighted by atomic mass is 19.4. The van der Waals surface area contributed by atoms with E-state index in [4.69, 9.17) is 0 Å². The van der Waals surface area contributed by atoms with Gasteiger partial charge in [-0.25, -0.2) is 9.07 Å². The lowest BCUT2D eigenvalue weighted by molar-refractivity contribution is -0.137. The average Bonchev–Trinajstić information content (AvgIpc) is 3.29. The van der Waals surface area contributed by atoms with Gasteiger partial charge in [0.15, 0.2) is 0 Å². The first-order valence-corrected chi connectivity index (χ1v) is 8.56. The van der Waals surface area contributed by atoms with Crippen molar-refractivity contribution in [1.29, 1.82) is 0 Å².